The van der Waals surface area contributed by atoms with Gasteiger partial charge in [-0.05, 0) is 31.1 Å². The first-order valence-electron chi connectivity index (χ1n) is 6.82. The number of amides is 1. The summed E-state index contributed by atoms with van der Waals surface area (Å²) in [6.45, 7) is 6.47. The van der Waals surface area contributed by atoms with Gasteiger partial charge in [0.2, 0.25) is 5.91 Å². The highest BCUT2D eigenvalue weighted by Gasteiger charge is 2.33. The van der Waals surface area contributed by atoms with E-state index < -0.39 is 11.9 Å². The van der Waals surface area contributed by atoms with E-state index in [-0.39, 0.29) is 17.4 Å². The number of carboxylic acids is 1. The van der Waals surface area contributed by atoms with Crippen molar-refractivity contribution in [2.45, 2.75) is 65.3 Å². The lowest BCUT2D eigenvalue weighted by Gasteiger charge is -2.19. The van der Waals surface area contributed by atoms with Gasteiger partial charge in [-0.1, -0.05) is 27.2 Å². The second-order valence-corrected chi connectivity index (χ2v) is 6.46. The van der Waals surface area contributed by atoms with Crippen molar-refractivity contribution in [2.24, 2.45) is 11.3 Å². The molecule has 0 aliphatic heterocycles. The molecule has 0 bridgehead atoms. The second kappa shape index (κ2) is 6.21. The standard InChI is InChI=1S/C14H25NO3/c1-14(2,3)9-5-8-12(16)15-11-7-4-6-10(11)13(17)18/h10-11H,4-9H2,1-3H3,(H,15,16)(H,17,18)/t10-,11+/m0/s1. The smallest absolute Gasteiger partial charge is 0.308 e. The van der Waals surface area contributed by atoms with Gasteiger partial charge in [0.05, 0.1) is 5.92 Å². The molecule has 4 heteroatoms. The van der Waals surface area contributed by atoms with Crippen molar-refractivity contribution in [1.29, 1.82) is 0 Å². The number of aliphatic carboxylic acids is 1. The van der Waals surface area contributed by atoms with E-state index in [4.69, 9.17) is 5.11 Å². The maximum atomic E-state index is 11.7. The third-order valence-electron chi connectivity index (χ3n) is 3.51. The summed E-state index contributed by atoms with van der Waals surface area (Å²) < 4.78 is 0. The fraction of sp³-hybridized carbons (Fsp3) is 0.857. The predicted octanol–water partition coefficient (Wildman–Crippen LogP) is 2.57. The first-order valence-corrected chi connectivity index (χ1v) is 6.82. The molecule has 0 radical (unpaired) electrons. The van der Waals surface area contributed by atoms with E-state index in [9.17, 15) is 9.59 Å². The third-order valence-corrected chi connectivity index (χ3v) is 3.51. The number of carbonyl (C=O) groups is 2. The van der Waals surface area contributed by atoms with Gasteiger partial charge in [-0.15, -0.1) is 0 Å². The second-order valence-electron chi connectivity index (χ2n) is 6.46. The molecule has 0 saturated heterocycles. The zero-order valence-corrected chi connectivity index (χ0v) is 11.7. The van der Waals surface area contributed by atoms with Gasteiger partial charge in [-0.3, -0.25) is 9.59 Å². The summed E-state index contributed by atoms with van der Waals surface area (Å²) in [5.41, 5.74) is 0.247. The van der Waals surface area contributed by atoms with E-state index in [1.165, 1.54) is 0 Å². The van der Waals surface area contributed by atoms with Gasteiger partial charge in [0.25, 0.3) is 0 Å². The van der Waals surface area contributed by atoms with Crippen LogP contribution in [0.5, 0.6) is 0 Å². The Kier molecular flexibility index (Phi) is 5.17. The Morgan fingerprint density at radius 2 is 1.94 bits per heavy atom. The van der Waals surface area contributed by atoms with Crippen molar-refractivity contribution in [3.05, 3.63) is 0 Å². The van der Waals surface area contributed by atoms with E-state index in [0.29, 0.717) is 12.8 Å². The van der Waals surface area contributed by atoms with Gasteiger partial charge in [0.1, 0.15) is 0 Å². The summed E-state index contributed by atoms with van der Waals surface area (Å²) in [4.78, 5) is 22.7. The highest BCUT2D eigenvalue weighted by atomic mass is 16.4. The van der Waals surface area contributed by atoms with Crippen LogP contribution in [0.4, 0.5) is 0 Å². The summed E-state index contributed by atoms with van der Waals surface area (Å²) in [5.74, 6) is -1.18. The number of carbonyl (C=O) groups excluding carboxylic acids is 1. The molecular formula is C14H25NO3. The molecule has 1 fully saturated rings. The molecule has 1 rings (SSSR count). The highest BCUT2D eigenvalue weighted by molar-refractivity contribution is 5.78. The molecule has 2 N–H and O–H groups in total. The molecule has 0 aromatic heterocycles. The highest BCUT2D eigenvalue weighted by Crippen LogP contribution is 2.26. The predicted molar refractivity (Wildman–Crippen MR) is 70.2 cm³/mol. The van der Waals surface area contributed by atoms with Crippen LogP contribution in [0.3, 0.4) is 0 Å². The maximum absolute atomic E-state index is 11.7. The fourth-order valence-corrected chi connectivity index (χ4v) is 2.49. The van der Waals surface area contributed by atoms with Crippen LogP contribution in [0, 0.1) is 11.3 Å². The lowest BCUT2D eigenvalue weighted by atomic mass is 9.90. The van der Waals surface area contributed by atoms with Crippen molar-refractivity contribution in [3.63, 3.8) is 0 Å². The average Bonchev–Trinajstić information content (AvgIpc) is 2.63. The Morgan fingerprint density at radius 3 is 2.50 bits per heavy atom. The molecule has 1 amide bonds. The van der Waals surface area contributed by atoms with Gasteiger partial charge in [0.15, 0.2) is 0 Å². The summed E-state index contributed by atoms with van der Waals surface area (Å²) in [6, 6.07) is -0.162. The molecule has 2 atom stereocenters. The van der Waals surface area contributed by atoms with Crippen LogP contribution in [0.15, 0.2) is 0 Å². The number of nitrogens with one attached hydrogen (secondary N) is 1. The van der Waals surface area contributed by atoms with E-state index >= 15 is 0 Å². The summed E-state index contributed by atoms with van der Waals surface area (Å²) in [7, 11) is 0. The third kappa shape index (κ3) is 5.07. The van der Waals surface area contributed by atoms with E-state index in [2.05, 4.69) is 26.1 Å². The lowest BCUT2D eigenvalue weighted by Crippen LogP contribution is -2.40. The topological polar surface area (TPSA) is 66.4 Å². The average molecular weight is 255 g/mol. The van der Waals surface area contributed by atoms with Crippen LogP contribution in [0.1, 0.15) is 59.3 Å². The van der Waals surface area contributed by atoms with Crippen LogP contribution in [0.25, 0.3) is 0 Å². The molecule has 18 heavy (non-hydrogen) atoms. The SMILES string of the molecule is CC(C)(C)CCCC(=O)N[C@@H]1CCC[C@@H]1C(=O)O. The largest absolute Gasteiger partial charge is 0.481 e. The summed E-state index contributed by atoms with van der Waals surface area (Å²) >= 11 is 0. The molecule has 0 aromatic carbocycles. The van der Waals surface area contributed by atoms with Crippen LogP contribution in [-0.4, -0.2) is 23.0 Å². The first kappa shape index (κ1) is 15.0. The number of carboxylic acid groups (broad SMARTS) is 1. The first-order chi connectivity index (χ1) is 8.29. The minimum atomic E-state index is -0.785. The minimum Gasteiger partial charge on any atom is -0.481 e. The fourth-order valence-electron chi connectivity index (χ4n) is 2.49. The molecule has 1 saturated carbocycles. The van der Waals surface area contributed by atoms with E-state index in [1.54, 1.807) is 0 Å². The van der Waals surface area contributed by atoms with Crippen molar-refractivity contribution >= 4 is 11.9 Å². The normalized spacial score (nSPS) is 23.9. The van der Waals surface area contributed by atoms with E-state index in [0.717, 1.165) is 25.7 Å². The minimum absolute atomic E-state index is 0.00241. The van der Waals surface area contributed by atoms with Crippen molar-refractivity contribution in [1.82, 2.24) is 5.32 Å². The molecular weight excluding hydrogens is 230 g/mol. The number of hydrogen-bond acceptors (Lipinski definition) is 2. The van der Waals surface area contributed by atoms with Crippen LogP contribution < -0.4 is 5.32 Å². The van der Waals surface area contributed by atoms with Crippen LogP contribution >= 0.6 is 0 Å². The Balaban J connectivity index is 2.29. The quantitative estimate of drug-likeness (QED) is 0.793. The van der Waals surface area contributed by atoms with Crippen molar-refractivity contribution in [2.75, 3.05) is 0 Å². The van der Waals surface area contributed by atoms with Gasteiger partial charge in [0, 0.05) is 12.5 Å². The molecule has 0 unspecified atom stereocenters. The molecule has 104 valence electrons. The monoisotopic (exact) mass is 255 g/mol. The zero-order valence-electron chi connectivity index (χ0n) is 11.7. The Morgan fingerprint density at radius 1 is 1.28 bits per heavy atom. The van der Waals surface area contributed by atoms with Crippen LogP contribution in [-0.2, 0) is 9.59 Å². The molecule has 4 nitrogen and oxygen atoms in total. The zero-order chi connectivity index (χ0) is 13.8. The molecule has 0 heterocycles. The van der Waals surface area contributed by atoms with Gasteiger partial charge in [-0.2, -0.15) is 0 Å². The van der Waals surface area contributed by atoms with Gasteiger partial charge in [-0.25, -0.2) is 0 Å². The summed E-state index contributed by atoms with van der Waals surface area (Å²) in [6.07, 6.45) is 4.74. The Hall–Kier alpha value is -1.06. The van der Waals surface area contributed by atoms with E-state index in [1.807, 2.05) is 0 Å². The molecule has 0 spiro atoms. The molecule has 1 aliphatic rings. The van der Waals surface area contributed by atoms with Crippen molar-refractivity contribution < 1.29 is 14.7 Å². The lowest BCUT2D eigenvalue weighted by molar-refractivity contribution is -0.142. The van der Waals surface area contributed by atoms with Crippen LogP contribution in [0.2, 0.25) is 0 Å². The number of hydrogen-bond donors (Lipinski definition) is 2. The molecule has 1 aliphatic carbocycles. The summed E-state index contributed by atoms with van der Waals surface area (Å²) in [5, 5.41) is 11.9. The van der Waals surface area contributed by atoms with Gasteiger partial charge >= 0.3 is 5.97 Å². The number of rotatable bonds is 5. The Labute approximate surface area is 109 Å². The maximum Gasteiger partial charge on any atom is 0.308 e. The van der Waals surface area contributed by atoms with Gasteiger partial charge < -0.3 is 10.4 Å². The van der Waals surface area contributed by atoms with Crippen molar-refractivity contribution in [3.8, 4) is 0 Å². The molecule has 0 aromatic rings. The Bertz CT molecular complexity index is 307.